The van der Waals surface area contributed by atoms with Crippen LogP contribution in [-0.4, -0.2) is 24.1 Å². The quantitative estimate of drug-likeness (QED) is 0.360. The molecule has 1 unspecified atom stereocenters. The fourth-order valence-corrected chi connectivity index (χ4v) is 2.15. The van der Waals surface area contributed by atoms with Crippen LogP contribution in [0, 0.1) is 5.92 Å². The van der Waals surface area contributed by atoms with Gasteiger partial charge in [-0.05, 0) is 6.42 Å². The largest absolute Gasteiger partial charge is 0.457 e. The Hall–Kier alpha value is -1.19. The summed E-state index contributed by atoms with van der Waals surface area (Å²) in [7, 11) is 0. The zero-order chi connectivity index (χ0) is 13.4. The Kier molecular flexibility index (Phi) is 6.61. The van der Waals surface area contributed by atoms with Gasteiger partial charge in [0.05, 0.1) is 0 Å². The average Bonchev–Trinajstić information content (AvgIpc) is 2.68. The van der Waals surface area contributed by atoms with E-state index in [9.17, 15) is 14.4 Å². The molecule has 4 heteroatoms. The van der Waals surface area contributed by atoms with Crippen molar-refractivity contribution in [3.63, 3.8) is 0 Å². The number of ether oxygens (including phenoxy) is 1. The molecule has 0 aromatic carbocycles. The molecular formula is C14H22O4. The number of carbonyl (C=O) groups excluding carboxylic acids is 3. The summed E-state index contributed by atoms with van der Waals surface area (Å²) in [4.78, 5) is 34.1. The van der Waals surface area contributed by atoms with Crippen LogP contribution in [0.5, 0.6) is 0 Å². The topological polar surface area (TPSA) is 60.4 Å². The summed E-state index contributed by atoms with van der Waals surface area (Å²) in [5, 5.41) is 0. The lowest BCUT2D eigenvalue weighted by Crippen LogP contribution is -2.25. The number of rotatable bonds is 9. The molecule has 0 aromatic rings. The fourth-order valence-electron chi connectivity index (χ4n) is 2.15. The van der Waals surface area contributed by atoms with Crippen molar-refractivity contribution < 1.29 is 19.1 Å². The summed E-state index contributed by atoms with van der Waals surface area (Å²) in [6.07, 6.45) is 8.14. The van der Waals surface area contributed by atoms with Crippen molar-refractivity contribution in [1.82, 2.24) is 0 Å². The van der Waals surface area contributed by atoms with E-state index in [1.165, 1.54) is 25.7 Å². The van der Waals surface area contributed by atoms with Crippen molar-refractivity contribution in [2.75, 3.05) is 6.61 Å². The highest BCUT2D eigenvalue weighted by Gasteiger charge is 2.40. The first-order valence-corrected chi connectivity index (χ1v) is 6.89. The predicted octanol–water partition coefficient (Wildman–Crippen LogP) is 2.44. The SMILES string of the molecule is CCCCCCCCCC(=O)C1C(=O)COC1=O. The molecule has 4 nitrogen and oxygen atoms in total. The van der Waals surface area contributed by atoms with Gasteiger partial charge in [0.1, 0.15) is 0 Å². The molecule has 1 heterocycles. The second-order valence-electron chi connectivity index (χ2n) is 4.84. The van der Waals surface area contributed by atoms with Crippen molar-refractivity contribution in [2.45, 2.75) is 58.3 Å². The molecule has 0 N–H and O–H groups in total. The summed E-state index contributed by atoms with van der Waals surface area (Å²) in [5.41, 5.74) is 0. The van der Waals surface area contributed by atoms with Crippen LogP contribution in [0.3, 0.4) is 0 Å². The molecule has 1 atom stereocenters. The molecular weight excluding hydrogens is 232 g/mol. The van der Waals surface area contributed by atoms with E-state index in [0.717, 1.165) is 19.3 Å². The maximum Gasteiger partial charge on any atom is 0.324 e. The Morgan fingerprint density at radius 1 is 1.11 bits per heavy atom. The average molecular weight is 254 g/mol. The third-order valence-electron chi connectivity index (χ3n) is 3.26. The number of carbonyl (C=O) groups is 3. The molecule has 1 saturated heterocycles. The van der Waals surface area contributed by atoms with E-state index in [2.05, 4.69) is 11.7 Å². The van der Waals surface area contributed by atoms with E-state index in [4.69, 9.17) is 0 Å². The molecule has 0 saturated carbocycles. The minimum absolute atomic E-state index is 0.230. The minimum Gasteiger partial charge on any atom is -0.457 e. The lowest BCUT2D eigenvalue weighted by atomic mass is 9.96. The molecule has 1 aliphatic heterocycles. The number of unbranched alkanes of at least 4 members (excludes halogenated alkanes) is 6. The summed E-state index contributed by atoms with van der Waals surface area (Å²) < 4.78 is 4.56. The van der Waals surface area contributed by atoms with Gasteiger partial charge < -0.3 is 4.74 Å². The summed E-state index contributed by atoms with van der Waals surface area (Å²) in [5.74, 6) is -2.43. The smallest absolute Gasteiger partial charge is 0.324 e. The normalized spacial score (nSPS) is 19.1. The zero-order valence-corrected chi connectivity index (χ0v) is 11.1. The fraction of sp³-hybridized carbons (Fsp3) is 0.786. The Balaban J connectivity index is 2.10. The molecule has 0 spiro atoms. The van der Waals surface area contributed by atoms with Crippen LogP contribution in [0.1, 0.15) is 58.3 Å². The van der Waals surface area contributed by atoms with Gasteiger partial charge >= 0.3 is 5.97 Å². The zero-order valence-electron chi connectivity index (χ0n) is 11.1. The number of cyclic esters (lactones) is 1. The number of hydrogen-bond acceptors (Lipinski definition) is 4. The van der Waals surface area contributed by atoms with Crippen LogP contribution in [0.25, 0.3) is 0 Å². The van der Waals surface area contributed by atoms with E-state index >= 15 is 0 Å². The van der Waals surface area contributed by atoms with Crippen molar-refractivity contribution >= 4 is 17.5 Å². The van der Waals surface area contributed by atoms with Crippen LogP contribution in [-0.2, 0) is 19.1 Å². The van der Waals surface area contributed by atoms with E-state index in [1.807, 2.05) is 0 Å². The van der Waals surface area contributed by atoms with Gasteiger partial charge in [-0.1, -0.05) is 45.4 Å². The number of ketones is 2. The molecule has 0 aliphatic carbocycles. The summed E-state index contributed by atoms with van der Waals surface area (Å²) in [6.45, 7) is 1.95. The van der Waals surface area contributed by atoms with Crippen LogP contribution in [0.15, 0.2) is 0 Å². The van der Waals surface area contributed by atoms with Crippen molar-refractivity contribution in [2.24, 2.45) is 5.92 Å². The Morgan fingerprint density at radius 3 is 2.28 bits per heavy atom. The van der Waals surface area contributed by atoms with Gasteiger partial charge in [-0.3, -0.25) is 14.4 Å². The number of Topliss-reactive ketones (excluding diaryl/α,β-unsaturated/α-hetero) is 2. The van der Waals surface area contributed by atoms with Gasteiger partial charge in [-0.25, -0.2) is 0 Å². The van der Waals surface area contributed by atoms with Crippen LogP contribution in [0.2, 0.25) is 0 Å². The Morgan fingerprint density at radius 2 is 1.72 bits per heavy atom. The van der Waals surface area contributed by atoms with Crippen molar-refractivity contribution in [3.8, 4) is 0 Å². The molecule has 18 heavy (non-hydrogen) atoms. The minimum atomic E-state index is -1.12. The molecule has 0 radical (unpaired) electrons. The lowest BCUT2D eigenvalue weighted by Gasteiger charge is -2.03. The number of esters is 1. The molecule has 1 aliphatic rings. The van der Waals surface area contributed by atoms with Crippen molar-refractivity contribution in [1.29, 1.82) is 0 Å². The van der Waals surface area contributed by atoms with Gasteiger partial charge in [0.25, 0.3) is 0 Å². The molecule has 102 valence electrons. The van der Waals surface area contributed by atoms with E-state index in [1.54, 1.807) is 0 Å². The molecule has 1 fully saturated rings. The number of hydrogen-bond donors (Lipinski definition) is 0. The third kappa shape index (κ3) is 4.59. The van der Waals surface area contributed by atoms with Gasteiger partial charge in [-0.2, -0.15) is 0 Å². The highest BCUT2D eigenvalue weighted by atomic mass is 16.5. The lowest BCUT2D eigenvalue weighted by molar-refractivity contribution is -0.144. The first kappa shape index (κ1) is 14.9. The van der Waals surface area contributed by atoms with Crippen LogP contribution in [0.4, 0.5) is 0 Å². The Bertz CT molecular complexity index is 293. The van der Waals surface area contributed by atoms with E-state index < -0.39 is 11.9 Å². The first-order valence-electron chi connectivity index (χ1n) is 6.89. The predicted molar refractivity (Wildman–Crippen MR) is 67.1 cm³/mol. The summed E-state index contributed by atoms with van der Waals surface area (Å²) >= 11 is 0. The molecule has 0 bridgehead atoms. The van der Waals surface area contributed by atoms with Crippen LogP contribution < -0.4 is 0 Å². The van der Waals surface area contributed by atoms with Gasteiger partial charge in [0.2, 0.25) is 0 Å². The van der Waals surface area contributed by atoms with E-state index in [-0.39, 0.29) is 18.2 Å². The standard InChI is InChI=1S/C14H22O4/c1-2-3-4-5-6-7-8-9-11(15)13-12(16)10-18-14(13)17/h13H,2-10H2,1H3. The maximum absolute atomic E-state index is 11.7. The highest BCUT2D eigenvalue weighted by Crippen LogP contribution is 2.16. The van der Waals surface area contributed by atoms with Crippen molar-refractivity contribution in [3.05, 3.63) is 0 Å². The molecule has 0 amide bonds. The van der Waals surface area contributed by atoms with E-state index in [0.29, 0.717) is 6.42 Å². The maximum atomic E-state index is 11.7. The summed E-state index contributed by atoms with van der Waals surface area (Å²) in [6, 6.07) is 0. The first-order chi connectivity index (χ1) is 8.66. The van der Waals surface area contributed by atoms with Crippen LogP contribution >= 0.6 is 0 Å². The van der Waals surface area contributed by atoms with Gasteiger partial charge in [0, 0.05) is 6.42 Å². The second kappa shape index (κ2) is 8.01. The molecule has 1 rings (SSSR count). The van der Waals surface area contributed by atoms with Gasteiger partial charge in [-0.15, -0.1) is 0 Å². The highest BCUT2D eigenvalue weighted by molar-refractivity contribution is 6.20. The monoisotopic (exact) mass is 254 g/mol. The third-order valence-corrected chi connectivity index (χ3v) is 3.26. The van der Waals surface area contributed by atoms with Gasteiger partial charge in [0.15, 0.2) is 24.1 Å². The molecule has 0 aromatic heterocycles. The Labute approximate surface area is 108 Å². The second-order valence-corrected chi connectivity index (χ2v) is 4.84.